The van der Waals surface area contributed by atoms with Gasteiger partial charge in [0.15, 0.2) is 0 Å². The normalized spacial score (nSPS) is 26.9. The van der Waals surface area contributed by atoms with E-state index in [1.807, 2.05) is 6.08 Å². The summed E-state index contributed by atoms with van der Waals surface area (Å²) in [4.78, 5) is 2.74. The third kappa shape index (κ3) is 1.53. The van der Waals surface area contributed by atoms with Crippen LogP contribution in [0.25, 0.3) is 10.4 Å². The lowest BCUT2D eigenvalue weighted by Crippen LogP contribution is -2.37. The third-order valence-electron chi connectivity index (χ3n) is 2.32. The van der Waals surface area contributed by atoms with Gasteiger partial charge in [0.2, 0.25) is 0 Å². The molecule has 4 nitrogen and oxygen atoms in total. The molecule has 0 bridgehead atoms. The molecule has 1 aliphatic heterocycles. The van der Waals surface area contributed by atoms with E-state index in [2.05, 4.69) is 23.9 Å². The molecule has 1 aliphatic rings. The first-order valence-electron chi connectivity index (χ1n) is 4.05. The summed E-state index contributed by atoms with van der Waals surface area (Å²) < 4.78 is 5.46. The minimum atomic E-state index is -0.285. The summed E-state index contributed by atoms with van der Waals surface area (Å²) in [5.41, 5.74) is 7.92. The van der Waals surface area contributed by atoms with Gasteiger partial charge in [0.05, 0.1) is 12.8 Å². The van der Waals surface area contributed by atoms with Crippen molar-refractivity contribution in [2.24, 2.45) is 11.0 Å². The molecule has 0 saturated carbocycles. The Morgan fingerprint density at radius 2 is 2.50 bits per heavy atom. The maximum Gasteiger partial charge on any atom is 0.120 e. The monoisotopic (exact) mass is 167 g/mol. The van der Waals surface area contributed by atoms with Gasteiger partial charge >= 0.3 is 0 Å². The lowest BCUT2D eigenvalue weighted by atomic mass is 9.88. The van der Waals surface area contributed by atoms with Gasteiger partial charge in [0.1, 0.15) is 5.60 Å². The zero-order valence-corrected chi connectivity index (χ0v) is 7.40. The van der Waals surface area contributed by atoms with Crippen LogP contribution < -0.4 is 0 Å². The van der Waals surface area contributed by atoms with Crippen molar-refractivity contribution in [3.05, 3.63) is 22.8 Å². The first-order valence-corrected chi connectivity index (χ1v) is 4.05. The molecule has 0 fully saturated rings. The van der Waals surface area contributed by atoms with Crippen molar-refractivity contribution >= 4 is 0 Å². The number of azide groups is 1. The van der Waals surface area contributed by atoms with E-state index in [0.717, 1.165) is 6.42 Å². The Morgan fingerprint density at radius 3 is 2.92 bits per heavy atom. The molecule has 0 aromatic carbocycles. The lowest BCUT2D eigenvalue weighted by Gasteiger charge is -2.31. The van der Waals surface area contributed by atoms with Crippen LogP contribution in [0.3, 0.4) is 0 Å². The van der Waals surface area contributed by atoms with E-state index in [4.69, 9.17) is 10.3 Å². The fraction of sp³-hybridized carbons (Fsp3) is 0.750. The Bertz CT molecular complexity index is 220. The van der Waals surface area contributed by atoms with Gasteiger partial charge in [-0.3, -0.25) is 0 Å². The molecule has 12 heavy (non-hydrogen) atoms. The molecule has 0 N–H and O–H groups in total. The smallest absolute Gasteiger partial charge is 0.120 e. The predicted octanol–water partition coefficient (Wildman–Crippen LogP) is 2.63. The summed E-state index contributed by atoms with van der Waals surface area (Å²) in [7, 11) is 0. The van der Waals surface area contributed by atoms with Crippen molar-refractivity contribution in [3.63, 3.8) is 0 Å². The topological polar surface area (TPSA) is 58.0 Å². The maximum absolute atomic E-state index is 8.21. The Labute approximate surface area is 71.8 Å². The number of hydrogen-bond acceptors (Lipinski definition) is 2. The molecular formula is C8H13N3O. The second-order valence-electron chi connectivity index (χ2n) is 3.30. The maximum atomic E-state index is 8.21. The van der Waals surface area contributed by atoms with Crippen LogP contribution in [0.1, 0.15) is 20.3 Å². The van der Waals surface area contributed by atoms with Crippen LogP contribution in [0.2, 0.25) is 0 Å². The van der Waals surface area contributed by atoms with Gasteiger partial charge in [-0.05, 0) is 17.5 Å². The van der Waals surface area contributed by atoms with Crippen molar-refractivity contribution < 1.29 is 4.74 Å². The van der Waals surface area contributed by atoms with E-state index in [1.54, 1.807) is 6.26 Å². The van der Waals surface area contributed by atoms with Crippen LogP contribution in [0.4, 0.5) is 0 Å². The molecule has 0 aromatic heterocycles. The second kappa shape index (κ2) is 3.50. The summed E-state index contributed by atoms with van der Waals surface area (Å²) >= 11 is 0. The average Bonchev–Trinajstić information content (AvgIpc) is 2.50. The summed E-state index contributed by atoms with van der Waals surface area (Å²) in [6.45, 7) is 4.55. The van der Waals surface area contributed by atoms with E-state index in [-0.39, 0.29) is 5.60 Å². The van der Waals surface area contributed by atoms with Crippen LogP contribution >= 0.6 is 0 Å². The van der Waals surface area contributed by atoms with Gasteiger partial charge < -0.3 is 4.74 Å². The van der Waals surface area contributed by atoms with E-state index >= 15 is 0 Å². The molecule has 0 spiro atoms. The van der Waals surface area contributed by atoms with Crippen LogP contribution in [-0.2, 0) is 4.74 Å². The molecular weight excluding hydrogens is 154 g/mol. The van der Waals surface area contributed by atoms with Gasteiger partial charge in [-0.15, -0.1) is 0 Å². The third-order valence-corrected chi connectivity index (χ3v) is 2.32. The summed E-state index contributed by atoms with van der Waals surface area (Å²) in [5, 5.41) is 3.56. The molecule has 1 atom stereocenters. The number of ether oxygens (including phenoxy) is 1. The van der Waals surface area contributed by atoms with E-state index in [9.17, 15) is 0 Å². The highest BCUT2D eigenvalue weighted by atomic mass is 16.5. The molecule has 0 saturated heterocycles. The molecule has 1 heterocycles. The molecule has 1 unspecified atom stereocenters. The minimum absolute atomic E-state index is 0.285. The van der Waals surface area contributed by atoms with Gasteiger partial charge in [-0.25, -0.2) is 0 Å². The highest BCUT2D eigenvalue weighted by Gasteiger charge is 2.35. The summed E-state index contributed by atoms with van der Waals surface area (Å²) in [5.74, 6) is 0.359. The van der Waals surface area contributed by atoms with E-state index in [1.165, 1.54) is 0 Å². The van der Waals surface area contributed by atoms with Crippen LogP contribution in [0.15, 0.2) is 17.5 Å². The number of nitrogens with zero attached hydrogens (tertiary/aromatic N) is 3. The summed E-state index contributed by atoms with van der Waals surface area (Å²) in [6, 6.07) is 0. The zero-order valence-electron chi connectivity index (χ0n) is 7.40. The standard InChI is InChI=1S/C8H13N3O/c1-7(2)8(6-10-11-9)4-3-5-12-8/h3,5,7H,4,6H2,1-2H3. The molecule has 0 aromatic rings. The highest BCUT2D eigenvalue weighted by Crippen LogP contribution is 2.31. The fourth-order valence-electron chi connectivity index (χ4n) is 1.29. The van der Waals surface area contributed by atoms with E-state index in [0.29, 0.717) is 12.5 Å². The zero-order chi connectivity index (χ0) is 9.03. The van der Waals surface area contributed by atoms with Crippen molar-refractivity contribution in [3.8, 4) is 0 Å². The average molecular weight is 167 g/mol. The van der Waals surface area contributed by atoms with Crippen LogP contribution in [0.5, 0.6) is 0 Å². The van der Waals surface area contributed by atoms with E-state index < -0.39 is 0 Å². The van der Waals surface area contributed by atoms with Crippen LogP contribution in [-0.4, -0.2) is 12.1 Å². The molecule has 66 valence electrons. The Morgan fingerprint density at radius 1 is 1.75 bits per heavy atom. The van der Waals surface area contributed by atoms with Crippen molar-refractivity contribution in [2.75, 3.05) is 6.54 Å². The first kappa shape index (κ1) is 8.94. The Balaban J connectivity index is 2.66. The van der Waals surface area contributed by atoms with Crippen molar-refractivity contribution in [1.82, 2.24) is 0 Å². The largest absolute Gasteiger partial charge is 0.494 e. The van der Waals surface area contributed by atoms with Gasteiger partial charge in [0.25, 0.3) is 0 Å². The van der Waals surface area contributed by atoms with Gasteiger partial charge in [0, 0.05) is 11.3 Å². The lowest BCUT2D eigenvalue weighted by molar-refractivity contribution is 0.00955. The molecule has 1 rings (SSSR count). The van der Waals surface area contributed by atoms with Crippen molar-refractivity contribution in [1.29, 1.82) is 0 Å². The summed E-state index contributed by atoms with van der Waals surface area (Å²) in [6.07, 6.45) is 4.49. The van der Waals surface area contributed by atoms with Gasteiger partial charge in [-0.1, -0.05) is 19.0 Å². The van der Waals surface area contributed by atoms with Crippen LogP contribution in [0, 0.1) is 5.92 Å². The quantitative estimate of drug-likeness (QED) is 0.362. The minimum Gasteiger partial charge on any atom is -0.494 e. The molecule has 0 aliphatic carbocycles. The highest BCUT2D eigenvalue weighted by molar-refractivity contribution is 5.01. The number of hydrogen-bond donors (Lipinski definition) is 0. The molecule has 0 amide bonds. The predicted molar refractivity (Wildman–Crippen MR) is 46.4 cm³/mol. The first-order chi connectivity index (χ1) is 5.71. The molecule has 0 radical (unpaired) electrons. The molecule has 4 heteroatoms. The van der Waals surface area contributed by atoms with Crippen molar-refractivity contribution in [2.45, 2.75) is 25.9 Å². The number of rotatable bonds is 3. The second-order valence-corrected chi connectivity index (χ2v) is 3.30. The SMILES string of the molecule is CC(C)C1(CN=[N+]=[N-])CC=CO1. The Kier molecular flexibility index (Phi) is 2.61. The Hall–Kier alpha value is -1.15. The van der Waals surface area contributed by atoms with Gasteiger partial charge in [-0.2, -0.15) is 0 Å². The fourth-order valence-corrected chi connectivity index (χ4v) is 1.29.